The van der Waals surface area contributed by atoms with E-state index in [1.807, 2.05) is 30.3 Å². The maximum Gasteiger partial charge on any atom is 0.325 e. The predicted octanol–water partition coefficient (Wildman–Crippen LogP) is 3.85. The summed E-state index contributed by atoms with van der Waals surface area (Å²) in [5.41, 5.74) is 1.50. The van der Waals surface area contributed by atoms with Gasteiger partial charge in [0.15, 0.2) is 10.9 Å². The highest BCUT2D eigenvalue weighted by Crippen LogP contribution is 2.31. The molecule has 0 radical (unpaired) electrons. The number of aromatic hydroxyl groups is 1. The lowest BCUT2D eigenvalue weighted by Crippen LogP contribution is -2.50. The number of amides is 4. The Labute approximate surface area is 205 Å². The highest BCUT2D eigenvalue weighted by Gasteiger charge is 2.47. The molecule has 2 heterocycles. The molecule has 1 aliphatic rings. The molecule has 1 fully saturated rings. The van der Waals surface area contributed by atoms with Crippen LogP contribution in [0.15, 0.2) is 60.0 Å². The molecule has 0 unspecified atom stereocenters. The van der Waals surface area contributed by atoms with Gasteiger partial charge >= 0.3 is 6.03 Å². The molecule has 1 saturated heterocycles. The third kappa shape index (κ3) is 4.92. The van der Waals surface area contributed by atoms with Gasteiger partial charge in [-0.05, 0) is 23.3 Å². The molecule has 4 rings (SSSR count). The number of carbonyl (C=O) groups is 4. The Kier molecular flexibility index (Phi) is 6.92. The lowest BCUT2D eigenvalue weighted by atomic mass is 9.91. The molecule has 180 valence electrons. The first-order chi connectivity index (χ1) is 16.8. The average Bonchev–Trinajstić information content (AvgIpc) is 3.44. The minimum Gasteiger partial charge on any atom is -0.508 e. The molecule has 0 aliphatic carbocycles. The number of anilines is 1. The van der Waals surface area contributed by atoms with Gasteiger partial charge in [0.2, 0.25) is 5.91 Å². The van der Waals surface area contributed by atoms with Crippen molar-refractivity contribution < 1.29 is 24.3 Å². The Balaban J connectivity index is 1.66. The van der Waals surface area contributed by atoms with Crippen LogP contribution < -0.4 is 10.6 Å². The lowest BCUT2D eigenvalue weighted by Gasteiger charge is -2.29. The van der Waals surface area contributed by atoms with E-state index < -0.39 is 35.8 Å². The normalized spacial score (nSPS) is 17.1. The van der Waals surface area contributed by atoms with Crippen molar-refractivity contribution in [3.63, 3.8) is 0 Å². The van der Waals surface area contributed by atoms with Gasteiger partial charge in [-0.2, -0.15) is 0 Å². The van der Waals surface area contributed by atoms with Gasteiger partial charge in [0.05, 0.1) is 0 Å². The van der Waals surface area contributed by atoms with E-state index in [1.54, 1.807) is 31.4 Å². The Morgan fingerprint density at radius 2 is 1.83 bits per heavy atom. The third-order valence-corrected chi connectivity index (χ3v) is 6.64. The largest absolute Gasteiger partial charge is 0.508 e. The number of ketones is 1. The van der Waals surface area contributed by atoms with E-state index in [1.165, 1.54) is 12.1 Å². The monoisotopic (exact) mass is 492 g/mol. The van der Waals surface area contributed by atoms with Crippen molar-refractivity contribution in [3.05, 3.63) is 76.8 Å². The van der Waals surface area contributed by atoms with Crippen LogP contribution in [0.25, 0.3) is 0 Å². The standard InChI is InChI=1S/C25H24N4O5S/c1-3-19(31)18-13-35-24(26-18)28-22(32)21(14(2)15-7-5-4-6-8-15)29-23(33)20(27-25(29)34)16-9-11-17(30)12-10-16/h4-14,20-21,30H,3H2,1-2H3,(H,27,34)(H,26,28,32)/t14-,20+,21-/m0/s1. The van der Waals surface area contributed by atoms with E-state index >= 15 is 0 Å². The number of carbonyl (C=O) groups excluding carboxylic acids is 4. The molecule has 2 aromatic carbocycles. The van der Waals surface area contributed by atoms with Gasteiger partial charge in [-0.3, -0.25) is 14.4 Å². The third-order valence-electron chi connectivity index (χ3n) is 5.88. The molecular formula is C25H24N4O5S. The zero-order valence-electron chi connectivity index (χ0n) is 19.1. The minimum atomic E-state index is -1.18. The lowest BCUT2D eigenvalue weighted by molar-refractivity contribution is -0.134. The molecule has 3 atom stereocenters. The molecule has 0 bridgehead atoms. The van der Waals surface area contributed by atoms with Crippen molar-refractivity contribution in [2.75, 3.05) is 5.32 Å². The summed E-state index contributed by atoms with van der Waals surface area (Å²) in [6, 6.07) is 12.2. The molecule has 9 nitrogen and oxygen atoms in total. The number of aromatic nitrogens is 1. The minimum absolute atomic E-state index is 0.0294. The van der Waals surface area contributed by atoms with Gasteiger partial charge in [-0.15, -0.1) is 11.3 Å². The van der Waals surface area contributed by atoms with Crippen molar-refractivity contribution >= 4 is 40.1 Å². The summed E-state index contributed by atoms with van der Waals surface area (Å²) < 4.78 is 0. The van der Waals surface area contributed by atoms with Gasteiger partial charge in [-0.25, -0.2) is 14.7 Å². The first-order valence-corrected chi connectivity index (χ1v) is 11.9. The van der Waals surface area contributed by atoms with Crippen LogP contribution in [0.2, 0.25) is 0 Å². The van der Waals surface area contributed by atoms with Crippen LogP contribution in [-0.4, -0.2) is 44.7 Å². The molecule has 1 aromatic heterocycles. The summed E-state index contributed by atoms with van der Waals surface area (Å²) in [6.07, 6.45) is 0.284. The first kappa shape index (κ1) is 24.1. The van der Waals surface area contributed by atoms with Crippen molar-refractivity contribution in [1.29, 1.82) is 0 Å². The van der Waals surface area contributed by atoms with E-state index in [2.05, 4.69) is 15.6 Å². The van der Waals surface area contributed by atoms with E-state index in [0.29, 0.717) is 5.56 Å². The molecule has 4 amide bonds. The Hall–Kier alpha value is -4.05. The first-order valence-electron chi connectivity index (χ1n) is 11.1. The number of imide groups is 1. The second-order valence-electron chi connectivity index (χ2n) is 8.13. The number of benzene rings is 2. The molecule has 10 heteroatoms. The fourth-order valence-electron chi connectivity index (χ4n) is 3.98. The maximum atomic E-state index is 13.5. The van der Waals surface area contributed by atoms with Crippen LogP contribution >= 0.6 is 11.3 Å². The van der Waals surface area contributed by atoms with E-state index in [4.69, 9.17) is 0 Å². The van der Waals surface area contributed by atoms with Gasteiger partial charge < -0.3 is 15.7 Å². The second-order valence-corrected chi connectivity index (χ2v) is 8.99. The van der Waals surface area contributed by atoms with Gasteiger partial charge in [0.1, 0.15) is 23.5 Å². The van der Waals surface area contributed by atoms with Crippen molar-refractivity contribution in [1.82, 2.24) is 15.2 Å². The van der Waals surface area contributed by atoms with Crippen LogP contribution in [0.1, 0.15) is 53.8 Å². The summed E-state index contributed by atoms with van der Waals surface area (Å²) in [5, 5.41) is 16.6. The van der Waals surface area contributed by atoms with E-state index in [-0.39, 0.29) is 28.8 Å². The maximum absolute atomic E-state index is 13.5. The van der Waals surface area contributed by atoms with Crippen molar-refractivity contribution in [2.24, 2.45) is 0 Å². The Morgan fingerprint density at radius 1 is 1.14 bits per heavy atom. The number of urea groups is 1. The Morgan fingerprint density at radius 3 is 2.49 bits per heavy atom. The number of hydrogen-bond acceptors (Lipinski definition) is 7. The summed E-state index contributed by atoms with van der Waals surface area (Å²) in [6.45, 7) is 3.49. The summed E-state index contributed by atoms with van der Waals surface area (Å²) >= 11 is 1.10. The summed E-state index contributed by atoms with van der Waals surface area (Å²) in [7, 11) is 0. The molecule has 1 aliphatic heterocycles. The number of rotatable bonds is 8. The Bertz CT molecular complexity index is 1260. The summed E-state index contributed by atoms with van der Waals surface area (Å²) in [5.74, 6) is -1.84. The van der Waals surface area contributed by atoms with Gasteiger partial charge in [0, 0.05) is 17.7 Å². The topological polar surface area (TPSA) is 129 Å². The number of phenols is 1. The molecule has 0 spiro atoms. The zero-order valence-corrected chi connectivity index (χ0v) is 19.9. The van der Waals surface area contributed by atoms with Crippen molar-refractivity contribution in [3.8, 4) is 5.75 Å². The number of Topliss-reactive ketones (excluding diaryl/α,β-unsaturated/α-hetero) is 1. The molecule has 3 aromatic rings. The molecule has 35 heavy (non-hydrogen) atoms. The number of nitrogens with one attached hydrogen (secondary N) is 2. The average molecular weight is 493 g/mol. The molecular weight excluding hydrogens is 468 g/mol. The highest BCUT2D eigenvalue weighted by molar-refractivity contribution is 7.14. The van der Waals surface area contributed by atoms with E-state index in [9.17, 15) is 24.3 Å². The van der Waals surface area contributed by atoms with E-state index in [0.717, 1.165) is 21.8 Å². The molecule has 0 saturated carbocycles. The predicted molar refractivity (Wildman–Crippen MR) is 130 cm³/mol. The fourth-order valence-corrected chi connectivity index (χ4v) is 4.69. The quantitative estimate of drug-likeness (QED) is 0.324. The van der Waals surface area contributed by atoms with Crippen LogP contribution in [-0.2, 0) is 9.59 Å². The van der Waals surface area contributed by atoms with Crippen molar-refractivity contribution in [2.45, 2.75) is 38.3 Å². The SMILES string of the molecule is CCC(=O)c1csc(NC(=O)[C@H]([C@@H](C)c2ccccc2)N2C(=O)N[C@H](c3ccc(O)cc3)C2=O)n1. The number of thiazole rings is 1. The van der Waals surface area contributed by atoms with Gasteiger partial charge in [0.25, 0.3) is 5.91 Å². The zero-order chi connectivity index (χ0) is 25.1. The smallest absolute Gasteiger partial charge is 0.325 e. The molecule has 3 N–H and O–H groups in total. The summed E-state index contributed by atoms with van der Waals surface area (Å²) in [4.78, 5) is 57.0. The number of phenolic OH excluding ortho intramolecular Hbond substituents is 1. The number of hydrogen-bond donors (Lipinski definition) is 3. The number of nitrogens with zero attached hydrogens (tertiary/aromatic N) is 2. The van der Waals surface area contributed by atoms with Crippen LogP contribution in [0.5, 0.6) is 5.75 Å². The van der Waals surface area contributed by atoms with Crippen LogP contribution in [0.3, 0.4) is 0 Å². The van der Waals surface area contributed by atoms with Crippen LogP contribution in [0.4, 0.5) is 9.93 Å². The second kappa shape index (κ2) is 10.1. The van der Waals surface area contributed by atoms with Gasteiger partial charge in [-0.1, -0.05) is 56.3 Å². The fraction of sp³-hybridized carbons (Fsp3) is 0.240. The van der Waals surface area contributed by atoms with Crippen LogP contribution in [0, 0.1) is 0 Å². The highest BCUT2D eigenvalue weighted by atomic mass is 32.1.